The first-order valence-corrected chi connectivity index (χ1v) is 6.52. The van der Waals surface area contributed by atoms with Gasteiger partial charge in [0.2, 0.25) is 0 Å². The molecule has 2 aromatic rings. The smallest absolute Gasteiger partial charge is 0.132 e. The van der Waals surface area contributed by atoms with Crippen LogP contribution in [0.3, 0.4) is 0 Å². The Morgan fingerprint density at radius 1 is 1.39 bits per heavy atom. The molecular formula is C13H16BrN3O. The number of nitrogens with one attached hydrogen (secondary N) is 1. The van der Waals surface area contributed by atoms with Crippen molar-refractivity contribution in [1.82, 2.24) is 15.1 Å². The molecule has 0 radical (unpaired) electrons. The van der Waals surface area contributed by atoms with E-state index in [4.69, 9.17) is 4.74 Å². The maximum Gasteiger partial charge on any atom is 0.132 e. The molecule has 0 unspecified atom stereocenters. The van der Waals surface area contributed by atoms with Crippen molar-refractivity contribution in [2.75, 3.05) is 7.05 Å². The Hall–Kier alpha value is -1.33. The summed E-state index contributed by atoms with van der Waals surface area (Å²) in [7, 11) is 3.82. The molecule has 0 aliphatic rings. The van der Waals surface area contributed by atoms with E-state index >= 15 is 0 Å². The molecule has 0 atom stereocenters. The fraction of sp³-hybridized carbons (Fsp3) is 0.308. The fourth-order valence-electron chi connectivity index (χ4n) is 1.66. The van der Waals surface area contributed by atoms with Crippen LogP contribution in [0.2, 0.25) is 0 Å². The van der Waals surface area contributed by atoms with Crippen molar-refractivity contribution in [3.63, 3.8) is 0 Å². The number of benzene rings is 1. The van der Waals surface area contributed by atoms with Gasteiger partial charge in [-0.3, -0.25) is 4.68 Å². The van der Waals surface area contributed by atoms with Crippen LogP contribution in [0.1, 0.15) is 11.3 Å². The minimum absolute atomic E-state index is 0.488. The largest absolute Gasteiger partial charge is 0.487 e. The van der Waals surface area contributed by atoms with Crippen molar-refractivity contribution < 1.29 is 4.74 Å². The predicted molar refractivity (Wildman–Crippen MR) is 74.4 cm³/mol. The molecule has 96 valence electrons. The van der Waals surface area contributed by atoms with Gasteiger partial charge in [0.1, 0.15) is 12.4 Å². The molecule has 0 amide bonds. The Balaban J connectivity index is 2.03. The zero-order valence-electron chi connectivity index (χ0n) is 10.5. The molecule has 0 saturated heterocycles. The first-order valence-electron chi connectivity index (χ1n) is 5.73. The number of hydrogen-bond donors (Lipinski definition) is 1. The first kappa shape index (κ1) is 13.1. The van der Waals surface area contributed by atoms with Gasteiger partial charge in [0.05, 0.1) is 5.69 Å². The van der Waals surface area contributed by atoms with Crippen LogP contribution in [0.25, 0.3) is 0 Å². The van der Waals surface area contributed by atoms with Crippen molar-refractivity contribution in [2.24, 2.45) is 7.05 Å². The Morgan fingerprint density at radius 3 is 2.89 bits per heavy atom. The summed E-state index contributed by atoms with van der Waals surface area (Å²) < 4.78 is 8.58. The summed E-state index contributed by atoms with van der Waals surface area (Å²) in [6, 6.07) is 7.93. The lowest BCUT2D eigenvalue weighted by atomic mass is 10.2. The van der Waals surface area contributed by atoms with Gasteiger partial charge in [-0.25, -0.2) is 0 Å². The number of aromatic nitrogens is 2. The van der Waals surface area contributed by atoms with Crippen LogP contribution in [0.5, 0.6) is 5.75 Å². The van der Waals surface area contributed by atoms with Crippen molar-refractivity contribution in [3.05, 3.63) is 46.2 Å². The zero-order chi connectivity index (χ0) is 13.0. The molecule has 0 fully saturated rings. The van der Waals surface area contributed by atoms with Gasteiger partial charge in [-0.15, -0.1) is 0 Å². The summed E-state index contributed by atoms with van der Waals surface area (Å²) in [6.07, 6.45) is 1.91. The number of halogens is 1. The van der Waals surface area contributed by atoms with Gasteiger partial charge in [-0.05, 0) is 36.9 Å². The second-order valence-corrected chi connectivity index (χ2v) is 4.91. The summed E-state index contributed by atoms with van der Waals surface area (Å²) in [6.45, 7) is 1.29. The summed E-state index contributed by atoms with van der Waals surface area (Å²) in [5, 5.41) is 7.40. The third-order valence-electron chi connectivity index (χ3n) is 2.54. The average molecular weight is 310 g/mol. The Bertz CT molecular complexity index is 525. The van der Waals surface area contributed by atoms with Crippen LogP contribution in [0.4, 0.5) is 0 Å². The van der Waals surface area contributed by atoms with Gasteiger partial charge in [-0.1, -0.05) is 15.9 Å². The lowest BCUT2D eigenvalue weighted by Crippen LogP contribution is -2.06. The van der Waals surface area contributed by atoms with Gasteiger partial charge in [0.15, 0.2) is 0 Å². The highest BCUT2D eigenvalue weighted by atomic mass is 79.9. The van der Waals surface area contributed by atoms with Gasteiger partial charge >= 0.3 is 0 Å². The lowest BCUT2D eigenvalue weighted by molar-refractivity contribution is 0.299. The molecule has 0 bridgehead atoms. The minimum atomic E-state index is 0.488. The van der Waals surface area contributed by atoms with Crippen LogP contribution in [0, 0.1) is 0 Å². The third-order valence-corrected chi connectivity index (χ3v) is 3.31. The summed E-state index contributed by atoms with van der Waals surface area (Å²) in [4.78, 5) is 0. The van der Waals surface area contributed by atoms with E-state index in [1.54, 1.807) is 4.68 Å². The van der Waals surface area contributed by atoms with E-state index in [9.17, 15) is 0 Å². The molecule has 0 saturated carbocycles. The van der Waals surface area contributed by atoms with E-state index < -0.39 is 0 Å². The fourth-order valence-corrected chi connectivity index (χ4v) is 2.05. The number of hydrogen-bond acceptors (Lipinski definition) is 3. The highest BCUT2D eigenvalue weighted by Crippen LogP contribution is 2.23. The molecule has 0 spiro atoms. The molecule has 5 heteroatoms. The van der Waals surface area contributed by atoms with Crippen LogP contribution >= 0.6 is 15.9 Å². The number of ether oxygens (including phenoxy) is 1. The second-order valence-electron chi connectivity index (χ2n) is 4.05. The van der Waals surface area contributed by atoms with Crippen LogP contribution in [-0.4, -0.2) is 16.8 Å². The topological polar surface area (TPSA) is 39.1 Å². The molecule has 1 heterocycles. The monoisotopic (exact) mass is 309 g/mol. The molecule has 0 aliphatic carbocycles. The van der Waals surface area contributed by atoms with E-state index in [-0.39, 0.29) is 0 Å². The van der Waals surface area contributed by atoms with Gasteiger partial charge < -0.3 is 10.1 Å². The standard InChI is InChI=1S/C13H16BrN3O/c1-15-8-10-7-12(3-4-13(10)14)18-9-11-5-6-17(2)16-11/h3-7,15H,8-9H2,1-2H3. The number of nitrogens with zero attached hydrogens (tertiary/aromatic N) is 2. The Labute approximate surface area is 115 Å². The summed E-state index contributed by atoms with van der Waals surface area (Å²) in [5.74, 6) is 0.856. The van der Waals surface area contributed by atoms with E-state index in [0.717, 1.165) is 22.5 Å². The SMILES string of the molecule is CNCc1cc(OCc2ccn(C)n2)ccc1Br. The maximum absolute atomic E-state index is 5.72. The van der Waals surface area contributed by atoms with Crippen LogP contribution in [0.15, 0.2) is 34.9 Å². The van der Waals surface area contributed by atoms with Crippen molar-refractivity contribution in [1.29, 1.82) is 0 Å². The van der Waals surface area contributed by atoms with E-state index in [0.29, 0.717) is 6.61 Å². The predicted octanol–water partition coefficient (Wildman–Crippen LogP) is 2.48. The molecule has 0 aliphatic heterocycles. The van der Waals surface area contributed by atoms with Gasteiger partial charge in [0.25, 0.3) is 0 Å². The molecule has 1 aromatic heterocycles. The first-order chi connectivity index (χ1) is 8.69. The Morgan fingerprint density at radius 2 is 2.22 bits per heavy atom. The molecule has 2 rings (SSSR count). The quantitative estimate of drug-likeness (QED) is 0.922. The second kappa shape index (κ2) is 6.02. The van der Waals surface area contributed by atoms with Gasteiger partial charge in [0, 0.05) is 24.3 Å². The van der Waals surface area contributed by atoms with E-state index in [1.165, 1.54) is 5.56 Å². The molecular weight excluding hydrogens is 294 g/mol. The lowest BCUT2D eigenvalue weighted by Gasteiger charge is -2.08. The summed E-state index contributed by atoms with van der Waals surface area (Å²) in [5.41, 5.74) is 2.10. The van der Waals surface area contributed by atoms with Crippen LogP contribution in [-0.2, 0) is 20.2 Å². The van der Waals surface area contributed by atoms with Crippen molar-refractivity contribution >= 4 is 15.9 Å². The molecule has 18 heavy (non-hydrogen) atoms. The van der Waals surface area contributed by atoms with Gasteiger partial charge in [-0.2, -0.15) is 5.10 Å². The highest BCUT2D eigenvalue weighted by Gasteiger charge is 2.03. The number of rotatable bonds is 5. The molecule has 1 N–H and O–H groups in total. The average Bonchev–Trinajstić information content (AvgIpc) is 2.76. The minimum Gasteiger partial charge on any atom is -0.487 e. The van der Waals surface area contributed by atoms with E-state index in [2.05, 4.69) is 26.3 Å². The van der Waals surface area contributed by atoms with Crippen molar-refractivity contribution in [2.45, 2.75) is 13.2 Å². The van der Waals surface area contributed by atoms with E-state index in [1.807, 2.05) is 44.6 Å². The highest BCUT2D eigenvalue weighted by molar-refractivity contribution is 9.10. The zero-order valence-corrected chi connectivity index (χ0v) is 12.1. The number of aryl methyl sites for hydroxylation is 1. The normalized spacial score (nSPS) is 10.6. The molecule has 1 aromatic carbocycles. The van der Waals surface area contributed by atoms with Crippen LogP contribution < -0.4 is 10.1 Å². The maximum atomic E-state index is 5.72. The summed E-state index contributed by atoms with van der Waals surface area (Å²) >= 11 is 3.52. The van der Waals surface area contributed by atoms with Crippen molar-refractivity contribution in [3.8, 4) is 5.75 Å². The Kier molecular flexibility index (Phi) is 4.38. The third kappa shape index (κ3) is 3.34. The molecule has 4 nitrogen and oxygen atoms in total.